The van der Waals surface area contributed by atoms with Gasteiger partial charge in [-0.2, -0.15) is 5.10 Å². The molecule has 1 aromatic heterocycles. The summed E-state index contributed by atoms with van der Waals surface area (Å²) in [5.41, 5.74) is 9.61. The van der Waals surface area contributed by atoms with E-state index >= 15 is 0 Å². The van der Waals surface area contributed by atoms with Crippen LogP contribution in [-0.2, 0) is 13.2 Å². The van der Waals surface area contributed by atoms with Crippen LogP contribution in [0.4, 0.5) is 5.69 Å². The molecule has 0 aliphatic heterocycles. The molecule has 4 nitrogen and oxygen atoms in total. The van der Waals surface area contributed by atoms with E-state index in [0.29, 0.717) is 6.61 Å². The highest BCUT2D eigenvalue weighted by molar-refractivity contribution is 9.10. The predicted molar refractivity (Wildman–Crippen MR) is 80.3 cm³/mol. The molecule has 2 N–H and O–H groups in total. The SMILES string of the molecule is CCn1nc(C)c(Br)c1COc1cccc(N)c1C. The van der Waals surface area contributed by atoms with Crippen LogP contribution in [0.2, 0.25) is 0 Å². The third kappa shape index (κ3) is 2.76. The minimum atomic E-state index is 0.472. The topological polar surface area (TPSA) is 53.1 Å². The van der Waals surface area contributed by atoms with Gasteiger partial charge in [-0.1, -0.05) is 6.07 Å². The van der Waals surface area contributed by atoms with Crippen LogP contribution in [0.15, 0.2) is 22.7 Å². The summed E-state index contributed by atoms with van der Waals surface area (Å²) in [6, 6.07) is 5.70. The Hall–Kier alpha value is -1.49. The van der Waals surface area contributed by atoms with Gasteiger partial charge in [0.25, 0.3) is 0 Å². The van der Waals surface area contributed by atoms with E-state index in [2.05, 4.69) is 28.0 Å². The van der Waals surface area contributed by atoms with Gasteiger partial charge in [-0.05, 0) is 48.8 Å². The van der Waals surface area contributed by atoms with Crippen LogP contribution in [0.5, 0.6) is 5.75 Å². The molecule has 0 fully saturated rings. The second-order valence-corrected chi connectivity index (χ2v) is 5.21. The fourth-order valence-electron chi connectivity index (χ4n) is 1.94. The standard InChI is InChI=1S/C14H18BrN3O/c1-4-18-12(14(15)10(3)17-18)8-19-13-7-5-6-11(16)9(13)2/h5-7H,4,8,16H2,1-3H3. The molecule has 0 aliphatic rings. The van der Waals surface area contributed by atoms with Crippen LogP contribution in [0.1, 0.15) is 23.9 Å². The van der Waals surface area contributed by atoms with E-state index in [9.17, 15) is 0 Å². The van der Waals surface area contributed by atoms with E-state index in [4.69, 9.17) is 10.5 Å². The Morgan fingerprint density at radius 2 is 2.11 bits per heavy atom. The van der Waals surface area contributed by atoms with Crippen molar-refractivity contribution in [2.45, 2.75) is 33.9 Å². The van der Waals surface area contributed by atoms with Crippen LogP contribution in [0.3, 0.4) is 0 Å². The van der Waals surface area contributed by atoms with Gasteiger partial charge in [-0.3, -0.25) is 4.68 Å². The van der Waals surface area contributed by atoms with Gasteiger partial charge >= 0.3 is 0 Å². The summed E-state index contributed by atoms with van der Waals surface area (Å²) < 4.78 is 8.83. The van der Waals surface area contributed by atoms with E-state index in [1.165, 1.54) is 0 Å². The van der Waals surface area contributed by atoms with Crippen molar-refractivity contribution in [1.82, 2.24) is 9.78 Å². The van der Waals surface area contributed by atoms with Gasteiger partial charge in [0.2, 0.25) is 0 Å². The molecule has 19 heavy (non-hydrogen) atoms. The largest absolute Gasteiger partial charge is 0.487 e. The molecule has 2 aromatic rings. The summed E-state index contributed by atoms with van der Waals surface area (Å²) in [6.45, 7) is 7.29. The number of hydrogen-bond acceptors (Lipinski definition) is 3. The van der Waals surface area contributed by atoms with Gasteiger partial charge < -0.3 is 10.5 Å². The summed E-state index contributed by atoms with van der Waals surface area (Å²) in [6.07, 6.45) is 0. The number of aryl methyl sites for hydroxylation is 2. The van der Waals surface area contributed by atoms with Gasteiger partial charge in [-0.15, -0.1) is 0 Å². The van der Waals surface area contributed by atoms with Crippen LogP contribution in [-0.4, -0.2) is 9.78 Å². The number of anilines is 1. The molecule has 0 amide bonds. The van der Waals surface area contributed by atoms with Crippen molar-refractivity contribution < 1.29 is 4.74 Å². The van der Waals surface area contributed by atoms with Crippen molar-refractivity contribution in [2.24, 2.45) is 0 Å². The fraction of sp³-hybridized carbons (Fsp3) is 0.357. The maximum absolute atomic E-state index is 5.87. The molecule has 0 saturated heterocycles. The number of halogens is 1. The number of nitrogen functional groups attached to an aromatic ring is 1. The lowest BCUT2D eigenvalue weighted by Gasteiger charge is -2.11. The Morgan fingerprint density at radius 1 is 1.37 bits per heavy atom. The molecule has 0 atom stereocenters. The molecule has 0 aliphatic carbocycles. The van der Waals surface area contributed by atoms with Crippen LogP contribution < -0.4 is 10.5 Å². The first-order chi connectivity index (χ1) is 9.04. The Morgan fingerprint density at radius 3 is 2.79 bits per heavy atom. The number of benzene rings is 1. The molecule has 0 bridgehead atoms. The van der Waals surface area contributed by atoms with Crippen molar-refractivity contribution in [3.05, 3.63) is 39.6 Å². The Kier molecular flexibility index (Phi) is 4.14. The smallest absolute Gasteiger partial charge is 0.131 e. The predicted octanol–water partition coefficient (Wildman–Crippen LogP) is 3.44. The first kappa shape index (κ1) is 13.9. The number of aromatic nitrogens is 2. The second-order valence-electron chi connectivity index (χ2n) is 4.42. The number of nitrogens with two attached hydrogens (primary N) is 1. The monoisotopic (exact) mass is 323 g/mol. The van der Waals surface area contributed by atoms with E-state index < -0.39 is 0 Å². The molecule has 0 spiro atoms. The summed E-state index contributed by atoms with van der Waals surface area (Å²) in [4.78, 5) is 0. The van der Waals surface area contributed by atoms with Crippen LogP contribution in [0.25, 0.3) is 0 Å². The third-order valence-corrected chi connectivity index (χ3v) is 4.17. The zero-order chi connectivity index (χ0) is 14.0. The van der Waals surface area contributed by atoms with Crippen molar-refractivity contribution in [1.29, 1.82) is 0 Å². The number of ether oxygens (including phenoxy) is 1. The van der Waals surface area contributed by atoms with Crippen molar-refractivity contribution in [3.8, 4) is 5.75 Å². The minimum Gasteiger partial charge on any atom is -0.487 e. The first-order valence-corrected chi connectivity index (χ1v) is 7.03. The van der Waals surface area contributed by atoms with Gasteiger partial charge in [-0.25, -0.2) is 0 Å². The molecule has 0 unspecified atom stereocenters. The summed E-state index contributed by atoms with van der Waals surface area (Å²) in [5.74, 6) is 0.813. The number of hydrogen-bond donors (Lipinski definition) is 1. The lowest BCUT2D eigenvalue weighted by atomic mass is 10.2. The maximum Gasteiger partial charge on any atom is 0.131 e. The first-order valence-electron chi connectivity index (χ1n) is 6.24. The summed E-state index contributed by atoms with van der Waals surface area (Å²) >= 11 is 3.56. The Balaban J connectivity index is 2.21. The fourth-order valence-corrected chi connectivity index (χ4v) is 2.34. The van der Waals surface area contributed by atoms with Crippen LogP contribution in [0, 0.1) is 13.8 Å². The molecule has 2 rings (SSSR count). The molecule has 0 radical (unpaired) electrons. The maximum atomic E-state index is 5.87. The minimum absolute atomic E-state index is 0.472. The lowest BCUT2D eigenvalue weighted by Crippen LogP contribution is -2.07. The summed E-state index contributed by atoms with van der Waals surface area (Å²) in [7, 11) is 0. The van der Waals surface area contributed by atoms with Gasteiger partial charge in [0.1, 0.15) is 12.4 Å². The Bertz CT molecular complexity index is 593. The molecule has 102 valence electrons. The second kappa shape index (κ2) is 5.65. The van der Waals surface area contributed by atoms with E-state index in [-0.39, 0.29) is 0 Å². The Labute approximate surface area is 121 Å². The number of nitrogens with zero attached hydrogens (tertiary/aromatic N) is 2. The van der Waals surface area contributed by atoms with Gasteiger partial charge in [0.15, 0.2) is 0 Å². The number of rotatable bonds is 4. The highest BCUT2D eigenvalue weighted by Crippen LogP contribution is 2.26. The third-order valence-electron chi connectivity index (χ3n) is 3.14. The lowest BCUT2D eigenvalue weighted by molar-refractivity contribution is 0.290. The molecule has 0 saturated carbocycles. The molecular weight excluding hydrogens is 306 g/mol. The average molecular weight is 324 g/mol. The molecule has 5 heteroatoms. The summed E-state index contributed by atoms with van der Waals surface area (Å²) in [5, 5.41) is 4.45. The molecular formula is C14H18BrN3O. The zero-order valence-corrected chi connectivity index (χ0v) is 13.0. The molecule has 1 aromatic carbocycles. The highest BCUT2D eigenvalue weighted by atomic mass is 79.9. The van der Waals surface area contributed by atoms with E-state index in [1.54, 1.807) is 0 Å². The average Bonchev–Trinajstić information content (AvgIpc) is 2.67. The van der Waals surface area contributed by atoms with Crippen molar-refractivity contribution >= 4 is 21.6 Å². The zero-order valence-electron chi connectivity index (χ0n) is 11.4. The van der Waals surface area contributed by atoms with Gasteiger partial charge in [0, 0.05) is 17.8 Å². The van der Waals surface area contributed by atoms with E-state index in [0.717, 1.165) is 39.4 Å². The van der Waals surface area contributed by atoms with E-state index in [1.807, 2.05) is 36.7 Å². The molecule has 1 heterocycles. The normalized spacial score (nSPS) is 10.7. The van der Waals surface area contributed by atoms with Crippen molar-refractivity contribution in [2.75, 3.05) is 5.73 Å². The quantitative estimate of drug-likeness (QED) is 0.877. The highest BCUT2D eigenvalue weighted by Gasteiger charge is 2.13. The van der Waals surface area contributed by atoms with Crippen molar-refractivity contribution in [3.63, 3.8) is 0 Å². The van der Waals surface area contributed by atoms with Crippen LogP contribution >= 0.6 is 15.9 Å². The van der Waals surface area contributed by atoms with Gasteiger partial charge in [0.05, 0.1) is 15.9 Å².